The van der Waals surface area contributed by atoms with Gasteiger partial charge in [0.2, 0.25) is 5.54 Å². The maximum atomic E-state index is 13.3. The molecule has 2 aromatic rings. The summed E-state index contributed by atoms with van der Waals surface area (Å²) in [5.41, 5.74) is 4.14. The highest BCUT2D eigenvalue weighted by atomic mass is 16.5. The molecule has 4 heteroatoms. The van der Waals surface area contributed by atoms with Crippen molar-refractivity contribution in [2.45, 2.75) is 58.7 Å². The van der Waals surface area contributed by atoms with Crippen LogP contribution < -0.4 is 0 Å². The van der Waals surface area contributed by atoms with Gasteiger partial charge in [0.05, 0.1) is 19.5 Å². The summed E-state index contributed by atoms with van der Waals surface area (Å²) in [6.45, 7) is 12.7. The third-order valence-electron chi connectivity index (χ3n) is 5.56. The highest BCUT2D eigenvalue weighted by Gasteiger charge is 2.57. The highest BCUT2D eigenvalue weighted by Crippen LogP contribution is 2.50. The number of methoxy groups -OCH3 is 1. The topological polar surface area (TPSA) is 41.9 Å². The first kappa shape index (κ1) is 20.1. The third-order valence-corrected chi connectivity index (χ3v) is 5.56. The third kappa shape index (κ3) is 3.11. The van der Waals surface area contributed by atoms with E-state index in [1.807, 2.05) is 36.7 Å². The Morgan fingerprint density at radius 3 is 2.14 bits per heavy atom. The number of carbonyl (C=O) groups excluding carboxylic acids is 1. The molecule has 0 bridgehead atoms. The second-order valence-electron chi connectivity index (χ2n) is 8.66. The van der Waals surface area contributed by atoms with Gasteiger partial charge < -0.3 is 9.64 Å². The van der Waals surface area contributed by atoms with Crippen molar-refractivity contribution in [3.05, 3.63) is 70.3 Å². The Kier molecular flexibility index (Phi) is 5.09. The van der Waals surface area contributed by atoms with Crippen LogP contribution in [0.2, 0.25) is 0 Å². The van der Waals surface area contributed by atoms with E-state index in [0.29, 0.717) is 0 Å². The zero-order chi connectivity index (χ0) is 20.7. The smallest absolute Gasteiger partial charge is 0.341 e. The lowest BCUT2D eigenvalue weighted by atomic mass is 9.76. The normalized spacial score (nSPS) is 21.8. The van der Waals surface area contributed by atoms with E-state index in [1.54, 1.807) is 0 Å². The Bertz CT molecular complexity index is 889. The van der Waals surface area contributed by atoms with Gasteiger partial charge in [0.1, 0.15) is 0 Å². The fraction of sp³-hybridized carbons (Fsp3) is 0.417. The Morgan fingerprint density at radius 1 is 1.07 bits per heavy atom. The molecule has 0 radical (unpaired) electrons. The SMILES string of the molecule is COC(=O)[C@@]1(c2ccccc2)N=CN(C(C)(C)C)[C@@H]1c1c(C)cc(C)cc1C. The monoisotopic (exact) mass is 378 g/mol. The zero-order valence-electron chi connectivity index (χ0n) is 17.9. The van der Waals surface area contributed by atoms with Crippen LogP contribution in [-0.4, -0.2) is 29.9 Å². The van der Waals surface area contributed by atoms with E-state index in [0.717, 1.165) is 22.3 Å². The van der Waals surface area contributed by atoms with E-state index in [1.165, 1.54) is 12.7 Å². The van der Waals surface area contributed by atoms with Crippen molar-refractivity contribution in [3.63, 3.8) is 0 Å². The van der Waals surface area contributed by atoms with Crippen LogP contribution in [0.15, 0.2) is 47.5 Å². The van der Waals surface area contributed by atoms with E-state index >= 15 is 0 Å². The number of hydrogen-bond acceptors (Lipinski definition) is 4. The van der Waals surface area contributed by atoms with Crippen LogP contribution in [-0.2, 0) is 15.1 Å². The Hall–Kier alpha value is -2.62. The number of hydrogen-bond donors (Lipinski definition) is 0. The van der Waals surface area contributed by atoms with Crippen LogP contribution in [0, 0.1) is 20.8 Å². The molecule has 148 valence electrons. The van der Waals surface area contributed by atoms with Gasteiger partial charge in [-0.2, -0.15) is 0 Å². The number of benzene rings is 2. The minimum atomic E-state index is -1.14. The summed E-state index contributed by atoms with van der Waals surface area (Å²) in [7, 11) is 1.44. The molecule has 0 unspecified atom stereocenters. The van der Waals surface area contributed by atoms with Crippen LogP contribution in [0.25, 0.3) is 0 Å². The number of aryl methyl sites for hydroxylation is 3. The van der Waals surface area contributed by atoms with Gasteiger partial charge in [-0.15, -0.1) is 0 Å². The molecule has 2 aromatic carbocycles. The molecule has 0 amide bonds. The molecule has 0 aromatic heterocycles. The predicted molar refractivity (Wildman–Crippen MR) is 114 cm³/mol. The summed E-state index contributed by atoms with van der Waals surface area (Å²) < 4.78 is 5.33. The first-order chi connectivity index (χ1) is 13.1. The second kappa shape index (κ2) is 7.08. The van der Waals surface area contributed by atoms with Crippen molar-refractivity contribution in [3.8, 4) is 0 Å². The van der Waals surface area contributed by atoms with Crippen LogP contribution in [0.3, 0.4) is 0 Å². The van der Waals surface area contributed by atoms with Crippen LogP contribution >= 0.6 is 0 Å². The van der Waals surface area contributed by atoms with Crippen molar-refractivity contribution in [1.29, 1.82) is 0 Å². The maximum absolute atomic E-state index is 13.3. The van der Waals surface area contributed by atoms with Gasteiger partial charge in [-0.25, -0.2) is 9.79 Å². The Labute approximate surface area is 168 Å². The summed E-state index contributed by atoms with van der Waals surface area (Å²) >= 11 is 0. The molecule has 0 fully saturated rings. The molecule has 4 nitrogen and oxygen atoms in total. The minimum Gasteiger partial charge on any atom is -0.467 e. The lowest BCUT2D eigenvalue weighted by Gasteiger charge is -2.43. The average molecular weight is 379 g/mol. The molecule has 0 saturated carbocycles. The number of esters is 1. The molecule has 3 rings (SSSR count). The van der Waals surface area contributed by atoms with Crippen molar-refractivity contribution in [2.75, 3.05) is 7.11 Å². The standard InChI is InChI=1S/C24H30N2O2/c1-16-13-17(2)20(18(3)14-16)21-24(22(27)28-7,19-11-9-8-10-12-19)25-15-26(21)23(4,5)6/h8-15,21H,1-7H3/t21-,24+/m1/s1. The molecular formula is C24H30N2O2. The van der Waals surface area contributed by atoms with E-state index in [2.05, 4.69) is 58.6 Å². The Morgan fingerprint density at radius 2 is 1.64 bits per heavy atom. The highest BCUT2D eigenvalue weighted by molar-refractivity contribution is 5.89. The van der Waals surface area contributed by atoms with Crippen molar-refractivity contribution in [1.82, 2.24) is 4.90 Å². The summed E-state index contributed by atoms with van der Waals surface area (Å²) in [5.74, 6) is -0.342. The molecule has 28 heavy (non-hydrogen) atoms. The molecule has 1 heterocycles. The first-order valence-corrected chi connectivity index (χ1v) is 9.68. The number of ether oxygens (including phenoxy) is 1. The zero-order valence-corrected chi connectivity index (χ0v) is 17.9. The maximum Gasteiger partial charge on any atom is 0.341 e. The van der Waals surface area contributed by atoms with Gasteiger partial charge in [-0.1, -0.05) is 48.0 Å². The van der Waals surface area contributed by atoms with Gasteiger partial charge in [0.25, 0.3) is 0 Å². The second-order valence-corrected chi connectivity index (χ2v) is 8.66. The van der Waals surface area contributed by atoms with Gasteiger partial charge in [-0.3, -0.25) is 0 Å². The fourth-order valence-electron chi connectivity index (χ4n) is 4.39. The number of nitrogens with zero attached hydrogens (tertiary/aromatic N) is 2. The van der Waals surface area contributed by atoms with Crippen LogP contribution in [0.1, 0.15) is 54.6 Å². The van der Waals surface area contributed by atoms with Crippen molar-refractivity contribution in [2.24, 2.45) is 4.99 Å². The van der Waals surface area contributed by atoms with Gasteiger partial charge >= 0.3 is 5.97 Å². The number of aliphatic imine (C=N–C) groups is 1. The molecule has 0 N–H and O–H groups in total. The molecule has 0 aliphatic carbocycles. The largest absolute Gasteiger partial charge is 0.467 e. The van der Waals surface area contributed by atoms with E-state index in [9.17, 15) is 4.79 Å². The molecule has 2 atom stereocenters. The van der Waals surface area contributed by atoms with E-state index < -0.39 is 5.54 Å². The molecule has 1 aliphatic rings. The predicted octanol–water partition coefficient (Wildman–Crippen LogP) is 4.86. The lowest BCUT2D eigenvalue weighted by Crippen LogP contribution is -2.49. The number of carbonyl (C=O) groups is 1. The van der Waals surface area contributed by atoms with Crippen LogP contribution in [0.5, 0.6) is 0 Å². The van der Waals surface area contributed by atoms with Crippen molar-refractivity contribution < 1.29 is 9.53 Å². The van der Waals surface area contributed by atoms with Gasteiger partial charge in [-0.05, 0) is 63.8 Å². The Balaban J connectivity index is 2.36. The first-order valence-electron chi connectivity index (χ1n) is 9.68. The summed E-state index contributed by atoms with van der Waals surface area (Å²) in [5, 5.41) is 0. The van der Waals surface area contributed by atoms with E-state index in [4.69, 9.17) is 9.73 Å². The van der Waals surface area contributed by atoms with Crippen LogP contribution in [0.4, 0.5) is 0 Å². The molecule has 0 spiro atoms. The summed E-state index contributed by atoms with van der Waals surface area (Å²) in [6.07, 6.45) is 1.83. The molecule has 1 aliphatic heterocycles. The molecule has 0 saturated heterocycles. The number of rotatable bonds is 3. The van der Waals surface area contributed by atoms with Gasteiger partial charge in [0.15, 0.2) is 0 Å². The average Bonchev–Trinajstić information content (AvgIpc) is 3.02. The lowest BCUT2D eigenvalue weighted by molar-refractivity contribution is -0.149. The van der Waals surface area contributed by atoms with Gasteiger partial charge in [0, 0.05) is 5.54 Å². The summed E-state index contributed by atoms with van der Waals surface area (Å²) in [4.78, 5) is 20.4. The summed E-state index contributed by atoms with van der Waals surface area (Å²) in [6, 6.07) is 13.8. The quantitative estimate of drug-likeness (QED) is 0.716. The van der Waals surface area contributed by atoms with E-state index in [-0.39, 0.29) is 17.6 Å². The fourth-order valence-corrected chi connectivity index (χ4v) is 4.39. The van der Waals surface area contributed by atoms with Crippen molar-refractivity contribution >= 4 is 12.3 Å². The molecular weight excluding hydrogens is 348 g/mol. The minimum absolute atomic E-state index is 0.220.